The van der Waals surface area contributed by atoms with Gasteiger partial charge in [-0.1, -0.05) is 18.2 Å². The summed E-state index contributed by atoms with van der Waals surface area (Å²) >= 11 is 1.21. The lowest BCUT2D eigenvalue weighted by Gasteiger charge is -2.34. The van der Waals surface area contributed by atoms with E-state index in [0.29, 0.717) is 36.9 Å². The van der Waals surface area contributed by atoms with Crippen molar-refractivity contribution in [3.8, 4) is 5.75 Å². The zero-order chi connectivity index (χ0) is 18.6. The van der Waals surface area contributed by atoms with Crippen LogP contribution in [0.25, 0.3) is 0 Å². The predicted octanol–water partition coefficient (Wildman–Crippen LogP) is 1.63. The van der Waals surface area contributed by atoms with E-state index in [9.17, 15) is 17.9 Å². The molecule has 0 radical (unpaired) electrons. The molecule has 1 aliphatic rings. The van der Waals surface area contributed by atoms with E-state index in [1.54, 1.807) is 29.6 Å². The molecule has 1 atom stereocenters. The second-order valence-electron chi connectivity index (χ2n) is 6.03. The van der Waals surface area contributed by atoms with Gasteiger partial charge in [-0.2, -0.15) is 4.31 Å². The lowest BCUT2D eigenvalue weighted by Crippen LogP contribution is -2.50. The number of β-amino-alcohol motifs (C(OH)–C–C–N with tert-alkyl or cyclic N) is 1. The minimum absolute atomic E-state index is 0.0192. The molecule has 0 amide bonds. The minimum atomic E-state index is -3.43. The van der Waals surface area contributed by atoms with Crippen LogP contribution in [0.5, 0.6) is 5.75 Å². The summed E-state index contributed by atoms with van der Waals surface area (Å²) in [5.41, 5.74) is 0. The van der Waals surface area contributed by atoms with Crippen LogP contribution in [0.3, 0.4) is 0 Å². The van der Waals surface area contributed by atoms with Gasteiger partial charge in [-0.25, -0.2) is 12.8 Å². The van der Waals surface area contributed by atoms with Gasteiger partial charge in [-0.3, -0.25) is 4.90 Å². The van der Waals surface area contributed by atoms with Gasteiger partial charge in [-0.05, 0) is 23.6 Å². The summed E-state index contributed by atoms with van der Waals surface area (Å²) < 4.78 is 45.6. The van der Waals surface area contributed by atoms with Crippen molar-refractivity contribution < 1.29 is 22.7 Å². The molecule has 1 N–H and O–H groups in total. The van der Waals surface area contributed by atoms with Crippen LogP contribution in [0, 0.1) is 5.82 Å². The molecule has 1 aliphatic heterocycles. The van der Waals surface area contributed by atoms with Gasteiger partial charge in [0.2, 0.25) is 0 Å². The number of rotatable bonds is 7. The van der Waals surface area contributed by atoms with Crippen LogP contribution in [-0.2, 0) is 10.0 Å². The van der Waals surface area contributed by atoms with E-state index < -0.39 is 21.9 Å². The van der Waals surface area contributed by atoms with E-state index in [-0.39, 0.29) is 12.4 Å². The lowest BCUT2D eigenvalue weighted by molar-refractivity contribution is 0.0558. The Morgan fingerprint density at radius 1 is 1.15 bits per heavy atom. The number of nitrogens with zero attached hydrogens (tertiary/aromatic N) is 2. The van der Waals surface area contributed by atoms with Crippen molar-refractivity contribution in [3.05, 3.63) is 47.6 Å². The van der Waals surface area contributed by atoms with Crippen molar-refractivity contribution in [3.63, 3.8) is 0 Å². The quantitative estimate of drug-likeness (QED) is 0.765. The molecule has 6 nitrogen and oxygen atoms in total. The van der Waals surface area contributed by atoms with Crippen LogP contribution in [0.1, 0.15) is 0 Å². The van der Waals surface area contributed by atoms with E-state index in [2.05, 4.69) is 0 Å². The molecule has 26 heavy (non-hydrogen) atoms. The van der Waals surface area contributed by atoms with Gasteiger partial charge in [0.05, 0.1) is 0 Å². The smallest absolute Gasteiger partial charge is 0.252 e. The molecule has 0 saturated carbocycles. The molecule has 0 aliphatic carbocycles. The first-order valence-electron chi connectivity index (χ1n) is 8.28. The first-order valence-corrected chi connectivity index (χ1v) is 10.6. The number of hydrogen-bond donors (Lipinski definition) is 1. The predicted molar refractivity (Wildman–Crippen MR) is 97.4 cm³/mol. The van der Waals surface area contributed by atoms with Crippen molar-refractivity contribution in [2.45, 2.75) is 10.3 Å². The molecule has 1 aromatic carbocycles. The Morgan fingerprint density at radius 2 is 1.88 bits per heavy atom. The fraction of sp³-hybridized carbons (Fsp3) is 0.412. The molecule has 0 spiro atoms. The summed E-state index contributed by atoms with van der Waals surface area (Å²) in [6, 6.07) is 9.38. The number of para-hydroxylation sites is 1. The van der Waals surface area contributed by atoms with Gasteiger partial charge in [-0.15, -0.1) is 11.3 Å². The number of aliphatic hydroxyl groups is 1. The highest BCUT2D eigenvalue weighted by atomic mass is 32.2. The van der Waals surface area contributed by atoms with Crippen LogP contribution in [-0.4, -0.2) is 68.2 Å². The SMILES string of the molecule is O=S(=O)(c1cccs1)N1CCN(C[C@H](O)COc2ccccc2F)CC1. The molecule has 9 heteroatoms. The zero-order valence-electron chi connectivity index (χ0n) is 14.1. The van der Waals surface area contributed by atoms with Crippen molar-refractivity contribution in [2.75, 3.05) is 39.3 Å². The molecule has 2 aromatic rings. The Hall–Kier alpha value is -1.52. The van der Waals surface area contributed by atoms with E-state index >= 15 is 0 Å². The summed E-state index contributed by atoms with van der Waals surface area (Å²) in [6.07, 6.45) is -0.782. The van der Waals surface area contributed by atoms with Gasteiger partial charge in [0, 0.05) is 32.7 Å². The minimum Gasteiger partial charge on any atom is -0.488 e. The average Bonchev–Trinajstić information content (AvgIpc) is 3.17. The lowest BCUT2D eigenvalue weighted by atomic mass is 10.3. The summed E-state index contributed by atoms with van der Waals surface area (Å²) in [6.45, 7) is 2.14. The largest absolute Gasteiger partial charge is 0.488 e. The van der Waals surface area contributed by atoms with Crippen LogP contribution in [0.15, 0.2) is 46.0 Å². The number of sulfonamides is 1. The third-order valence-corrected chi connectivity index (χ3v) is 7.43. The third-order valence-electron chi connectivity index (χ3n) is 4.16. The number of aliphatic hydroxyl groups excluding tert-OH is 1. The van der Waals surface area contributed by atoms with Crippen molar-refractivity contribution in [1.29, 1.82) is 0 Å². The van der Waals surface area contributed by atoms with Crippen molar-refractivity contribution >= 4 is 21.4 Å². The Morgan fingerprint density at radius 3 is 2.54 bits per heavy atom. The maximum absolute atomic E-state index is 13.5. The maximum Gasteiger partial charge on any atom is 0.252 e. The molecular formula is C17H21FN2O4S2. The Balaban J connectivity index is 1.46. The number of thiophene rings is 1. The number of halogens is 1. The molecule has 3 rings (SSSR count). The third kappa shape index (κ3) is 4.60. The van der Waals surface area contributed by atoms with Gasteiger partial charge < -0.3 is 9.84 Å². The van der Waals surface area contributed by atoms with Crippen LogP contribution in [0.4, 0.5) is 4.39 Å². The normalized spacial score (nSPS) is 17.9. The highest BCUT2D eigenvalue weighted by Crippen LogP contribution is 2.22. The molecule has 1 fully saturated rings. The number of benzene rings is 1. The van der Waals surface area contributed by atoms with Gasteiger partial charge in [0.15, 0.2) is 11.6 Å². The molecule has 1 saturated heterocycles. The highest BCUT2D eigenvalue weighted by molar-refractivity contribution is 7.91. The average molecular weight is 400 g/mol. The van der Waals surface area contributed by atoms with Gasteiger partial charge in [0.25, 0.3) is 10.0 Å². The fourth-order valence-corrected chi connectivity index (χ4v) is 5.36. The summed E-state index contributed by atoms with van der Waals surface area (Å²) in [7, 11) is -3.43. The molecule has 0 unspecified atom stereocenters. The van der Waals surface area contributed by atoms with Crippen LogP contribution >= 0.6 is 11.3 Å². The molecule has 142 valence electrons. The maximum atomic E-state index is 13.5. The summed E-state index contributed by atoms with van der Waals surface area (Å²) in [5.74, 6) is -0.356. The Labute approximate surface area is 156 Å². The fourth-order valence-electron chi connectivity index (χ4n) is 2.79. The standard InChI is InChI=1S/C17H21FN2O4S2/c18-15-4-1-2-5-16(15)24-13-14(21)12-19-7-9-20(10-8-19)26(22,23)17-6-3-11-25-17/h1-6,11,14,21H,7-10,12-13H2/t14-/m0/s1. The summed E-state index contributed by atoms with van der Waals surface area (Å²) in [4.78, 5) is 1.98. The number of ether oxygens (including phenoxy) is 1. The number of hydrogen-bond acceptors (Lipinski definition) is 6. The van der Waals surface area contributed by atoms with E-state index in [1.165, 1.54) is 27.8 Å². The summed E-state index contributed by atoms with van der Waals surface area (Å²) in [5, 5.41) is 11.9. The Kier molecular flexibility index (Phi) is 6.25. The highest BCUT2D eigenvalue weighted by Gasteiger charge is 2.29. The van der Waals surface area contributed by atoms with E-state index in [0.717, 1.165) is 0 Å². The molecular weight excluding hydrogens is 379 g/mol. The zero-order valence-corrected chi connectivity index (χ0v) is 15.8. The van der Waals surface area contributed by atoms with E-state index in [4.69, 9.17) is 4.74 Å². The molecule has 2 heterocycles. The second kappa shape index (κ2) is 8.45. The van der Waals surface area contributed by atoms with E-state index in [1.807, 2.05) is 4.90 Å². The van der Waals surface area contributed by atoms with Crippen molar-refractivity contribution in [2.24, 2.45) is 0 Å². The van der Waals surface area contributed by atoms with Gasteiger partial charge >= 0.3 is 0 Å². The first kappa shape index (κ1) is 19.2. The van der Waals surface area contributed by atoms with Gasteiger partial charge in [0.1, 0.15) is 16.9 Å². The molecule has 1 aromatic heterocycles. The monoisotopic (exact) mass is 400 g/mol. The first-order chi connectivity index (χ1) is 12.5. The van der Waals surface area contributed by atoms with Crippen molar-refractivity contribution in [1.82, 2.24) is 9.21 Å². The van der Waals surface area contributed by atoms with Crippen LogP contribution < -0.4 is 4.74 Å². The topological polar surface area (TPSA) is 70.1 Å². The molecule has 0 bridgehead atoms. The number of piperazine rings is 1. The van der Waals surface area contributed by atoms with Crippen LogP contribution in [0.2, 0.25) is 0 Å². The second-order valence-corrected chi connectivity index (χ2v) is 9.14. The Bertz CT molecular complexity index is 806.